The second kappa shape index (κ2) is 11.7. The van der Waals surface area contributed by atoms with E-state index >= 15 is 0 Å². The molecule has 7 heteroatoms. The van der Waals surface area contributed by atoms with Crippen LogP contribution in [-0.2, 0) is 0 Å². The van der Waals surface area contributed by atoms with Crippen molar-refractivity contribution in [2.24, 2.45) is 0 Å². The Morgan fingerprint density at radius 1 is 0.897 bits per heavy atom. The molecule has 0 radical (unpaired) electrons. The first kappa shape index (κ1) is 23.1. The molecule has 0 aliphatic rings. The summed E-state index contributed by atoms with van der Waals surface area (Å²) in [5.74, 6) is -1.51. The molecule has 0 aliphatic heterocycles. The third kappa shape index (κ3) is 5.75. The second-order valence-corrected chi connectivity index (χ2v) is 5.22. The van der Waals surface area contributed by atoms with Crippen molar-refractivity contribution in [3.8, 4) is 12.1 Å². The summed E-state index contributed by atoms with van der Waals surface area (Å²) in [6.07, 6.45) is 1.35. The number of carboxylic acid groups (broad SMARTS) is 1. The topological polar surface area (TPSA) is 116 Å². The number of aromatic nitrogens is 3. The Balaban J connectivity index is 0.000000989. The van der Waals surface area contributed by atoms with Crippen molar-refractivity contribution in [2.45, 2.75) is 33.7 Å². The summed E-state index contributed by atoms with van der Waals surface area (Å²) in [4.78, 5) is 14.9. The summed E-state index contributed by atoms with van der Waals surface area (Å²) in [6, 6.07) is 17.5. The van der Waals surface area contributed by atoms with E-state index in [4.69, 9.17) is 15.6 Å². The van der Waals surface area contributed by atoms with Crippen LogP contribution in [0.3, 0.4) is 0 Å². The van der Waals surface area contributed by atoms with Crippen molar-refractivity contribution in [3.05, 3.63) is 82.9 Å². The molecule has 0 saturated heterocycles. The fourth-order valence-corrected chi connectivity index (χ4v) is 2.48. The van der Waals surface area contributed by atoms with Gasteiger partial charge in [0.2, 0.25) is 0 Å². The highest BCUT2D eigenvalue weighted by molar-refractivity contribution is 5.82. The van der Waals surface area contributed by atoms with E-state index in [1.165, 1.54) is 11.0 Å². The first-order valence-corrected chi connectivity index (χ1v) is 9.27. The van der Waals surface area contributed by atoms with E-state index in [0.717, 1.165) is 11.1 Å². The third-order valence-electron chi connectivity index (χ3n) is 3.68. The first-order valence-electron chi connectivity index (χ1n) is 9.27. The summed E-state index contributed by atoms with van der Waals surface area (Å²) < 4.78 is 1.45. The van der Waals surface area contributed by atoms with Gasteiger partial charge in [-0.3, -0.25) is 0 Å². The van der Waals surface area contributed by atoms with Gasteiger partial charge in [0.15, 0.2) is 0 Å². The minimum Gasteiger partial charge on any atom is -0.475 e. The van der Waals surface area contributed by atoms with Crippen LogP contribution in [0, 0.1) is 22.7 Å². The molecular weight excluding hydrogens is 366 g/mol. The van der Waals surface area contributed by atoms with Crippen molar-refractivity contribution in [1.82, 2.24) is 14.8 Å². The van der Waals surface area contributed by atoms with Gasteiger partial charge in [-0.2, -0.15) is 10.5 Å². The van der Waals surface area contributed by atoms with Gasteiger partial charge in [-0.15, -0.1) is 5.10 Å². The molecular formula is C22H23N5O2. The SMILES string of the molecule is CC.CC.N#Cc1ccc(C(c2ccc(C#N)cc2)n2cnc(C(=O)O)n2)cc1. The van der Waals surface area contributed by atoms with E-state index in [1.807, 2.05) is 27.7 Å². The molecule has 0 unspecified atom stereocenters. The minimum absolute atomic E-state index is 0.299. The molecule has 0 spiro atoms. The van der Waals surface area contributed by atoms with Gasteiger partial charge >= 0.3 is 5.97 Å². The lowest BCUT2D eigenvalue weighted by Gasteiger charge is -2.18. The summed E-state index contributed by atoms with van der Waals surface area (Å²) in [7, 11) is 0. The Kier molecular flexibility index (Phi) is 9.29. The van der Waals surface area contributed by atoms with Crippen LogP contribution in [0.2, 0.25) is 0 Å². The molecule has 148 valence electrons. The van der Waals surface area contributed by atoms with Crippen LogP contribution in [-0.4, -0.2) is 25.8 Å². The van der Waals surface area contributed by atoms with Gasteiger partial charge in [0.05, 0.1) is 23.3 Å². The van der Waals surface area contributed by atoms with Crippen molar-refractivity contribution >= 4 is 5.97 Å². The molecule has 7 nitrogen and oxygen atoms in total. The average Bonchev–Trinajstić information content (AvgIpc) is 3.28. The predicted molar refractivity (Wildman–Crippen MR) is 109 cm³/mol. The summed E-state index contributed by atoms with van der Waals surface area (Å²) in [6.45, 7) is 8.00. The molecule has 1 N–H and O–H groups in total. The monoisotopic (exact) mass is 389 g/mol. The highest BCUT2D eigenvalue weighted by atomic mass is 16.4. The number of carbonyl (C=O) groups is 1. The smallest absolute Gasteiger partial charge is 0.375 e. The second-order valence-electron chi connectivity index (χ2n) is 5.22. The van der Waals surface area contributed by atoms with Crippen molar-refractivity contribution in [2.75, 3.05) is 0 Å². The lowest BCUT2D eigenvalue weighted by atomic mass is 9.97. The Morgan fingerprint density at radius 2 is 1.31 bits per heavy atom. The summed E-state index contributed by atoms with van der Waals surface area (Å²) in [5.41, 5.74) is 2.66. The molecule has 29 heavy (non-hydrogen) atoms. The maximum atomic E-state index is 11.1. The lowest BCUT2D eigenvalue weighted by molar-refractivity contribution is 0.0683. The average molecular weight is 389 g/mol. The number of aromatic carboxylic acids is 1. The van der Waals surface area contributed by atoms with Gasteiger partial charge in [-0.05, 0) is 35.4 Å². The molecule has 1 aromatic heterocycles. The van der Waals surface area contributed by atoms with E-state index in [9.17, 15) is 4.79 Å². The zero-order chi connectivity index (χ0) is 21.8. The molecule has 2 aromatic carbocycles. The molecule has 0 bridgehead atoms. The number of hydrogen-bond acceptors (Lipinski definition) is 5. The number of hydrogen-bond donors (Lipinski definition) is 1. The van der Waals surface area contributed by atoms with Gasteiger partial charge in [-0.1, -0.05) is 52.0 Å². The van der Waals surface area contributed by atoms with Crippen LogP contribution in [0.4, 0.5) is 0 Å². The van der Waals surface area contributed by atoms with Gasteiger partial charge in [-0.25, -0.2) is 14.5 Å². The van der Waals surface area contributed by atoms with E-state index in [0.29, 0.717) is 11.1 Å². The minimum atomic E-state index is -1.21. The summed E-state index contributed by atoms with van der Waals surface area (Å²) in [5, 5.41) is 31.0. The van der Waals surface area contributed by atoms with Crippen LogP contribution in [0.25, 0.3) is 0 Å². The quantitative estimate of drug-likeness (QED) is 0.706. The zero-order valence-electron chi connectivity index (χ0n) is 16.9. The Hall–Kier alpha value is -3.97. The van der Waals surface area contributed by atoms with Crippen molar-refractivity contribution in [3.63, 3.8) is 0 Å². The van der Waals surface area contributed by atoms with Crippen LogP contribution in [0.5, 0.6) is 0 Å². The predicted octanol–water partition coefficient (Wildman–Crippen LogP) is 4.41. The van der Waals surface area contributed by atoms with E-state index in [-0.39, 0.29) is 5.82 Å². The molecule has 0 saturated carbocycles. The van der Waals surface area contributed by atoms with Crippen LogP contribution < -0.4 is 0 Å². The third-order valence-corrected chi connectivity index (χ3v) is 3.68. The highest BCUT2D eigenvalue weighted by Gasteiger charge is 2.20. The number of nitriles is 2. The van der Waals surface area contributed by atoms with Gasteiger partial charge < -0.3 is 5.11 Å². The maximum absolute atomic E-state index is 11.1. The molecule has 0 aliphatic carbocycles. The van der Waals surface area contributed by atoms with Gasteiger partial charge in [0.1, 0.15) is 12.4 Å². The zero-order valence-corrected chi connectivity index (χ0v) is 16.9. The Labute approximate surface area is 170 Å². The standard InChI is InChI=1S/C18H11N5O2.2C2H6/c19-9-12-1-5-14(6-2-12)16(15-7-3-13(10-20)4-8-15)23-11-21-17(22-23)18(24)25;2*1-2/h1-8,11,16H,(H,24,25);2*1-2H3. The largest absolute Gasteiger partial charge is 0.475 e. The van der Waals surface area contributed by atoms with Crippen LogP contribution in [0.1, 0.15) is 66.6 Å². The van der Waals surface area contributed by atoms with Crippen LogP contribution in [0.15, 0.2) is 54.9 Å². The summed E-state index contributed by atoms with van der Waals surface area (Å²) >= 11 is 0. The molecule has 3 aromatic rings. The van der Waals surface area contributed by atoms with Crippen LogP contribution >= 0.6 is 0 Å². The van der Waals surface area contributed by atoms with E-state index in [2.05, 4.69) is 22.2 Å². The fourth-order valence-electron chi connectivity index (χ4n) is 2.48. The number of nitrogens with zero attached hydrogens (tertiary/aromatic N) is 5. The molecule has 0 atom stereocenters. The maximum Gasteiger partial charge on any atom is 0.375 e. The van der Waals surface area contributed by atoms with E-state index in [1.54, 1.807) is 48.5 Å². The number of rotatable bonds is 4. The van der Waals surface area contributed by atoms with Gasteiger partial charge in [0, 0.05) is 0 Å². The molecule has 1 heterocycles. The Morgan fingerprint density at radius 3 is 1.62 bits per heavy atom. The van der Waals surface area contributed by atoms with Crippen molar-refractivity contribution < 1.29 is 9.90 Å². The lowest BCUT2D eigenvalue weighted by Crippen LogP contribution is -2.14. The molecule has 3 rings (SSSR count). The van der Waals surface area contributed by atoms with Gasteiger partial charge in [0.25, 0.3) is 5.82 Å². The highest BCUT2D eigenvalue weighted by Crippen LogP contribution is 2.26. The molecule has 0 amide bonds. The van der Waals surface area contributed by atoms with E-state index < -0.39 is 12.0 Å². The number of carboxylic acids is 1. The fraction of sp³-hybridized carbons (Fsp3) is 0.227. The first-order chi connectivity index (χ1) is 14.1. The number of benzene rings is 2. The Bertz CT molecular complexity index is 936. The molecule has 0 fully saturated rings. The van der Waals surface area contributed by atoms with Crippen molar-refractivity contribution in [1.29, 1.82) is 10.5 Å². The normalized spacial score (nSPS) is 9.21.